The first kappa shape index (κ1) is 23.9. The summed E-state index contributed by atoms with van der Waals surface area (Å²) in [6, 6.07) is 2.92. The van der Waals surface area contributed by atoms with Gasteiger partial charge in [-0.25, -0.2) is 9.69 Å². The number of amides is 3. The minimum Gasteiger partial charge on any atom is -0.444 e. The van der Waals surface area contributed by atoms with E-state index in [1.165, 1.54) is 6.07 Å². The summed E-state index contributed by atoms with van der Waals surface area (Å²) in [5.41, 5.74) is -2.32. The number of alkyl carbamates (subject to hydrolysis) is 1. The van der Waals surface area contributed by atoms with Gasteiger partial charge in [0.1, 0.15) is 5.60 Å². The van der Waals surface area contributed by atoms with E-state index in [9.17, 15) is 27.6 Å². The highest BCUT2D eigenvalue weighted by Gasteiger charge is 2.53. The minimum absolute atomic E-state index is 0.0156. The third kappa shape index (κ3) is 5.16. The number of nitrogens with zero attached hydrogens (tertiary/aromatic N) is 1. The maximum atomic E-state index is 13.3. The van der Waals surface area contributed by atoms with E-state index in [2.05, 4.69) is 10.6 Å². The number of benzene rings is 1. The summed E-state index contributed by atoms with van der Waals surface area (Å²) in [5.74, 6) is -0.930. The molecule has 3 rings (SSSR count). The van der Waals surface area contributed by atoms with E-state index < -0.39 is 40.7 Å². The largest absolute Gasteiger partial charge is 0.444 e. The van der Waals surface area contributed by atoms with Gasteiger partial charge in [0.15, 0.2) is 0 Å². The number of anilines is 2. The van der Waals surface area contributed by atoms with E-state index in [0.717, 1.165) is 29.9 Å². The molecule has 1 heterocycles. The van der Waals surface area contributed by atoms with Gasteiger partial charge in [-0.1, -0.05) is 12.8 Å². The van der Waals surface area contributed by atoms with Crippen molar-refractivity contribution in [2.45, 2.75) is 64.7 Å². The SMILES string of the molecule is CC(C)(C)OC(=O)NCCNc1ccc(C(F)(F)F)cc1N1C(=O)CC2(CCCC2)C1=O. The topological polar surface area (TPSA) is 87.7 Å². The van der Waals surface area contributed by atoms with Gasteiger partial charge in [-0.05, 0) is 51.8 Å². The lowest BCUT2D eigenvalue weighted by Gasteiger charge is -2.24. The second-order valence-corrected chi connectivity index (χ2v) is 9.28. The highest BCUT2D eigenvalue weighted by atomic mass is 19.4. The van der Waals surface area contributed by atoms with Crippen LogP contribution in [-0.2, 0) is 20.5 Å². The van der Waals surface area contributed by atoms with Crippen molar-refractivity contribution in [2.24, 2.45) is 5.41 Å². The van der Waals surface area contributed by atoms with E-state index in [4.69, 9.17) is 4.74 Å². The highest BCUT2D eigenvalue weighted by molar-refractivity contribution is 6.24. The predicted octanol–water partition coefficient (Wildman–Crippen LogP) is 4.47. The third-order valence-electron chi connectivity index (χ3n) is 5.63. The molecule has 10 heteroatoms. The van der Waals surface area contributed by atoms with Gasteiger partial charge < -0.3 is 15.4 Å². The Bertz CT molecular complexity index is 903. The van der Waals surface area contributed by atoms with Crippen molar-refractivity contribution in [1.82, 2.24) is 5.32 Å². The van der Waals surface area contributed by atoms with Crippen LogP contribution in [0, 0.1) is 5.41 Å². The van der Waals surface area contributed by atoms with Crippen LogP contribution in [0.3, 0.4) is 0 Å². The van der Waals surface area contributed by atoms with Gasteiger partial charge in [0.25, 0.3) is 0 Å². The molecule has 0 atom stereocenters. The average molecular weight is 455 g/mol. The van der Waals surface area contributed by atoms with Crippen LogP contribution in [0.1, 0.15) is 58.4 Å². The molecule has 0 aromatic heterocycles. The fourth-order valence-electron chi connectivity index (χ4n) is 4.20. The maximum Gasteiger partial charge on any atom is 0.416 e. The molecule has 1 spiro atoms. The van der Waals surface area contributed by atoms with Gasteiger partial charge in [-0.2, -0.15) is 13.2 Å². The van der Waals surface area contributed by atoms with Crippen LogP contribution in [0.25, 0.3) is 0 Å². The van der Waals surface area contributed by atoms with Crippen LogP contribution in [-0.4, -0.2) is 36.6 Å². The fourth-order valence-corrected chi connectivity index (χ4v) is 4.20. The van der Waals surface area contributed by atoms with Crippen LogP contribution >= 0.6 is 0 Å². The van der Waals surface area contributed by atoms with Gasteiger partial charge >= 0.3 is 12.3 Å². The van der Waals surface area contributed by atoms with Crippen molar-refractivity contribution in [3.63, 3.8) is 0 Å². The second kappa shape index (κ2) is 8.63. The number of hydrogen-bond donors (Lipinski definition) is 2. The van der Waals surface area contributed by atoms with Crippen LogP contribution < -0.4 is 15.5 Å². The summed E-state index contributed by atoms with van der Waals surface area (Å²) in [6.45, 7) is 5.45. The van der Waals surface area contributed by atoms with Crippen LogP contribution in [0.5, 0.6) is 0 Å². The Kier molecular flexibility index (Phi) is 6.44. The minimum atomic E-state index is -4.62. The predicted molar refractivity (Wildman–Crippen MR) is 112 cm³/mol. The van der Waals surface area contributed by atoms with Gasteiger partial charge in [-0.15, -0.1) is 0 Å². The monoisotopic (exact) mass is 455 g/mol. The van der Waals surface area contributed by atoms with Crippen molar-refractivity contribution in [1.29, 1.82) is 0 Å². The number of ether oxygens (including phenoxy) is 1. The van der Waals surface area contributed by atoms with Gasteiger partial charge in [-0.3, -0.25) is 9.59 Å². The van der Waals surface area contributed by atoms with Crippen molar-refractivity contribution >= 4 is 29.3 Å². The molecule has 2 N–H and O–H groups in total. The number of hydrogen-bond acceptors (Lipinski definition) is 5. The molecule has 0 radical (unpaired) electrons. The normalized spacial score (nSPS) is 18.4. The van der Waals surface area contributed by atoms with Crippen molar-refractivity contribution in [2.75, 3.05) is 23.3 Å². The van der Waals surface area contributed by atoms with Crippen molar-refractivity contribution in [3.8, 4) is 0 Å². The Morgan fingerprint density at radius 1 is 1.12 bits per heavy atom. The van der Waals surface area contributed by atoms with E-state index in [-0.39, 0.29) is 30.9 Å². The Morgan fingerprint density at radius 3 is 2.38 bits per heavy atom. The zero-order chi connectivity index (χ0) is 23.7. The molecule has 1 aliphatic carbocycles. The van der Waals surface area contributed by atoms with Gasteiger partial charge in [0, 0.05) is 19.5 Å². The molecule has 1 aromatic rings. The van der Waals surface area contributed by atoms with Crippen LogP contribution in [0.4, 0.5) is 29.3 Å². The van der Waals surface area contributed by atoms with Gasteiger partial charge in [0.2, 0.25) is 11.8 Å². The number of carbonyl (C=O) groups excluding carboxylic acids is 3. The molecule has 176 valence electrons. The molecule has 32 heavy (non-hydrogen) atoms. The summed E-state index contributed by atoms with van der Waals surface area (Å²) in [5, 5.41) is 5.46. The Balaban J connectivity index is 1.79. The molecule has 2 fully saturated rings. The average Bonchev–Trinajstić information content (AvgIpc) is 3.22. The van der Waals surface area contributed by atoms with Crippen molar-refractivity contribution in [3.05, 3.63) is 23.8 Å². The molecule has 1 aliphatic heterocycles. The first-order valence-electron chi connectivity index (χ1n) is 10.6. The molecule has 2 aliphatic rings. The number of nitrogens with one attached hydrogen (secondary N) is 2. The molecule has 1 saturated carbocycles. The number of imide groups is 1. The zero-order valence-corrected chi connectivity index (χ0v) is 18.4. The summed E-state index contributed by atoms with van der Waals surface area (Å²) >= 11 is 0. The zero-order valence-electron chi connectivity index (χ0n) is 18.4. The molecule has 7 nitrogen and oxygen atoms in total. The summed E-state index contributed by atoms with van der Waals surface area (Å²) < 4.78 is 45.1. The van der Waals surface area contributed by atoms with E-state index >= 15 is 0 Å². The standard InChI is InChI=1S/C22H28F3N3O4/c1-20(2,3)32-19(31)27-11-10-26-15-7-6-14(22(23,24)25)12-16(15)28-17(29)13-21(18(28)30)8-4-5-9-21/h6-7,12,26H,4-5,8-11,13H2,1-3H3,(H,27,31). The summed E-state index contributed by atoms with van der Waals surface area (Å²) in [4.78, 5) is 38.5. The first-order chi connectivity index (χ1) is 14.8. The lowest BCUT2D eigenvalue weighted by atomic mass is 9.84. The summed E-state index contributed by atoms with van der Waals surface area (Å²) in [7, 11) is 0. The molecule has 3 amide bonds. The lowest BCUT2D eigenvalue weighted by molar-refractivity contribution is -0.137. The number of rotatable bonds is 5. The molecule has 1 saturated heterocycles. The maximum absolute atomic E-state index is 13.3. The quantitative estimate of drug-likeness (QED) is 0.506. The second-order valence-electron chi connectivity index (χ2n) is 9.28. The number of halogens is 3. The Labute approximate surface area is 184 Å². The lowest BCUT2D eigenvalue weighted by Crippen LogP contribution is -2.36. The number of alkyl halides is 3. The third-order valence-corrected chi connectivity index (χ3v) is 5.63. The number of carbonyl (C=O) groups is 3. The van der Waals surface area contributed by atoms with E-state index in [1.807, 2.05) is 0 Å². The molecule has 0 bridgehead atoms. The molecule has 0 unspecified atom stereocenters. The first-order valence-corrected chi connectivity index (χ1v) is 10.6. The summed E-state index contributed by atoms with van der Waals surface area (Å²) in [6.07, 6.45) is -2.47. The van der Waals surface area contributed by atoms with Crippen molar-refractivity contribution < 1.29 is 32.3 Å². The fraction of sp³-hybridized carbons (Fsp3) is 0.591. The highest BCUT2D eigenvalue weighted by Crippen LogP contribution is 2.49. The molecule has 1 aromatic carbocycles. The van der Waals surface area contributed by atoms with Gasteiger partial charge in [0.05, 0.1) is 22.4 Å². The smallest absolute Gasteiger partial charge is 0.416 e. The van der Waals surface area contributed by atoms with E-state index in [0.29, 0.717) is 12.8 Å². The van der Waals surface area contributed by atoms with Crippen LogP contribution in [0.2, 0.25) is 0 Å². The molecular formula is C22H28F3N3O4. The molecular weight excluding hydrogens is 427 g/mol. The van der Waals surface area contributed by atoms with Crippen LogP contribution in [0.15, 0.2) is 18.2 Å². The van der Waals surface area contributed by atoms with E-state index in [1.54, 1.807) is 20.8 Å². The Hall–Kier alpha value is -2.78. The Morgan fingerprint density at radius 2 is 1.78 bits per heavy atom.